The Morgan fingerprint density at radius 2 is 1.82 bits per heavy atom. The lowest BCUT2D eigenvalue weighted by molar-refractivity contribution is 0.146. The highest BCUT2D eigenvalue weighted by Gasteiger charge is 2.10. The van der Waals surface area contributed by atoms with Crippen molar-refractivity contribution in [3.05, 3.63) is 51.8 Å². The van der Waals surface area contributed by atoms with Crippen LogP contribution in [0, 0.1) is 13.8 Å². The Bertz CT molecular complexity index is 704. The maximum Gasteiger partial charge on any atom is 0.253 e. The van der Waals surface area contributed by atoms with Crippen LogP contribution in [0.3, 0.4) is 0 Å². The van der Waals surface area contributed by atoms with Crippen LogP contribution >= 0.6 is 0 Å². The Hall–Kier alpha value is -2.07. The minimum absolute atomic E-state index is 0.0693. The number of ether oxygens (including phenoxy) is 2. The summed E-state index contributed by atoms with van der Waals surface area (Å²) < 4.78 is 12.4. The van der Waals surface area contributed by atoms with Gasteiger partial charge >= 0.3 is 0 Å². The van der Waals surface area contributed by atoms with Crippen molar-refractivity contribution in [1.82, 2.24) is 4.57 Å². The Labute approximate surface area is 131 Å². The van der Waals surface area contributed by atoms with E-state index in [9.17, 15) is 4.79 Å². The SMILES string of the molecule is CCn1c(-c2ccc(OCCOC)cc2C)ccc(C)c1=O. The molecule has 1 heterocycles. The van der Waals surface area contributed by atoms with Gasteiger partial charge in [0.05, 0.1) is 12.3 Å². The number of hydrogen-bond acceptors (Lipinski definition) is 3. The molecule has 0 saturated heterocycles. The van der Waals surface area contributed by atoms with E-state index < -0.39 is 0 Å². The standard InChI is InChI=1S/C18H23NO3/c1-5-19-17(9-6-13(2)18(19)20)16-8-7-15(12-14(16)3)22-11-10-21-4/h6-9,12H,5,10-11H2,1-4H3. The third-order valence-corrected chi connectivity index (χ3v) is 3.71. The molecule has 0 aliphatic rings. The van der Waals surface area contributed by atoms with Gasteiger partial charge in [-0.05, 0) is 50.6 Å². The Balaban J connectivity index is 2.38. The molecule has 0 aliphatic carbocycles. The molecule has 0 unspecified atom stereocenters. The number of hydrogen-bond donors (Lipinski definition) is 0. The first-order valence-corrected chi connectivity index (χ1v) is 7.51. The second-order valence-corrected chi connectivity index (χ2v) is 5.27. The molecular weight excluding hydrogens is 278 g/mol. The van der Waals surface area contributed by atoms with E-state index in [4.69, 9.17) is 9.47 Å². The molecule has 0 aliphatic heterocycles. The molecule has 118 valence electrons. The van der Waals surface area contributed by atoms with E-state index >= 15 is 0 Å². The van der Waals surface area contributed by atoms with Crippen molar-refractivity contribution in [2.45, 2.75) is 27.3 Å². The zero-order valence-electron chi connectivity index (χ0n) is 13.7. The quantitative estimate of drug-likeness (QED) is 0.769. The molecular formula is C18H23NO3. The lowest BCUT2D eigenvalue weighted by atomic mass is 10.0. The van der Waals surface area contributed by atoms with Crippen molar-refractivity contribution in [2.24, 2.45) is 0 Å². The fraction of sp³-hybridized carbons (Fsp3) is 0.389. The van der Waals surface area contributed by atoms with Gasteiger partial charge in [-0.1, -0.05) is 6.07 Å². The summed E-state index contributed by atoms with van der Waals surface area (Å²) >= 11 is 0. The fourth-order valence-electron chi connectivity index (χ4n) is 2.49. The van der Waals surface area contributed by atoms with Crippen molar-refractivity contribution in [2.75, 3.05) is 20.3 Å². The summed E-state index contributed by atoms with van der Waals surface area (Å²) in [4.78, 5) is 12.3. The summed E-state index contributed by atoms with van der Waals surface area (Å²) in [5.74, 6) is 0.816. The molecule has 1 aromatic heterocycles. The van der Waals surface area contributed by atoms with Gasteiger partial charge in [-0.3, -0.25) is 4.79 Å². The van der Waals surface area contributed by atoms with Gasteiger partial charge in [-0.2, -0.15) is 0 Å². The maximum absolute atomic E-state index is 12.3. The van der Waals surface area contributed by atoms with Crippen molar-refractivity contribution >= 4 is 0 Å². The lowest BCUT2D eigenvalue weighted by Crippen LogP contribution is -2.22. The summed E-state index contributed by atoms with van der Waals surface area (Å²) in [6.45, 7) is 7.61. The average molecular weight is 301 g/mol. The predicted octanol–water partition coefficient (Wildman–Crippen LogP) is 3.18. The number of aromatic nitrogens is 1. The normalized spacial score (nSPS) is 10.7. The highest BCUT2D eigenvalue weighted by Crippen LogP contribution is 2.26. The average Bonchev–Trinajstić information content (AvgIpc) is 2.51. The summed E-state index contributed by atoms with van der Waals surface area (Å²) in [6, 6.07) is 9.83. The van der Waals surface area contributed by atoms with Crippen molar-refractivity contribution in [3.63, 3.8) is 0 Å². The lowest BCUT2D eigenvalue weighted by Gasteiger charge is -2.15. The minimum Gasteiger partial charge on any atom is -0.491 e. The predicted molar refractivity (Wildman–Crippen MR) is 88.7 cm³/mol. The smallest absolute Gasteiger partial charge is 0.253 e. The first kappa shape index (κ1) is 16.3. The number of methoxy groups -OCH3 is 1. The molecule has 2 aromatic rings. The zero-order valence-corrected chi connectivity index (χ0v) is 13.7. The van der Waals surface area contributed by atoms with E-state index in [2.05, 4.69) is 0 Å². The second kappa shape index (κ2) is 7.27. The summed E-state index contributed by atoms with van der Waals surface area (Å²) in [6.07, 6.45) is 0. The number of nitrogens with zero attached hydrogens (tertiary/aromatic N) is 1. The second-order valence-electron chi connectivity index (χ2n) is 5.27. The van der Waals surface area contributed by atoms with Crippen LogP contribution in [-0.4, -0.2) is 24.9 Å². The van der Waals surface area contributed by atoms with E-state index in [1.165, 1.54) is 0 Å². The van der Waals surface area contributed by atoms with Crippen molar-refractivity contribution < 1.29 is 9.47 Å². The van der Waals surface area contributed by atoms with Crippen LogP contribution in [0.2, 0.25) is 0 Å². The molecule has 4 heteroatoms. The number of aryl methyl sites for hydroxylation is 2. The number of pyridine rings is 1. The Kier molecular flexibility index (Phi) is 5.39. The van der Waals surface area contributed by atoms with Gasteiger partial charge in [-0.15, -0.1) is 0 Å². The number of benzene rings is 1. The largest absolute Gasteiger partial charge is 0.491 e. The topological polar surface area (TPSA) is 40.5 Å². The van der Waals surface area contributed by atoms with Crippen molar-refractivity contribution in [1.29, 1.82) is 0 Å². The van der Waals surface area contributed by atoms with Crippen molar-refractivity contribution in [3.8, 4) is 17.0 Å². The molecule has 0 spiro atoms. The van der Waals surface area contributed by atoms with E-state index in [1.807, 2.05) is 55.7 Å². The van der Waals surface area contributed by atoms with Crippen LogP contribution in [0.5, 0.6) is 5.75 Å². The third kappa shape index (κ3) is 3.39. The third-order valence-electron chi connectivity index (χ3n) is 3.71. The Morgan fingerprint density at radius 1 is 1.05 bits per heavy atom. The van der Waals surface area contributed by atoms with E-state index in [0.29, 0.717) is 19.8 Å². The van der Waals surface area contributed by atoms with Crippen LogP contribution in [0.1, 0.15) is 18.1 Å². The molecule has 1 aromatic carbocycles. The highest BCUT2D eigenvalue weighted by atomic mass is 16.5. The minimum atomic E-state index is 0.0693. The van der Waals surface area contributed by atoms with E-state index in [0.717, 1.165) is 28.1 Å². The molecule has 22 heavy (non-hydrogen) atoms. The first-order chi connectivity index (χ1) is 10.6. The van der Waals surface area contributed by atoms with E-state index in [1.54, 1.807) is 7.11 Å². The molecule has 0 saturated carbocycles. The number of rotatable bonds is 6. The van der Waals surface area contributed by atoms with Crippen LogP contribution in [0.15, 0.2) is 35.1 Å². The van der Waals surface area contributed by atoms with Gasteiger partial charge in [0.2, 0.25) is 0 Å². The monoisotopic (exact) mass is 301 g/mol. The molecule has 2 rings (SSSR count). The summed E-state index contributed by atoms with van der Waals surface area (Å²) in [5.41, 5.74) is 3.92. The zero-order chi connectivity index (χ0) is 16.1. The van der Waals surface area contributed by atoms with E-state index in [-0.39, 0.29) is 5.56 Å². The molecule has 0 atom stereocenters. The van der Waals surface area contributed by atoms with Gasteiger partial charge in [0.15, 0.2) is 0 Å². The molecule has 4 nitrogen and oxygen atoms in total. The molecule has 0 fully saturated rings. The summed E-state index contributed by atoms with van der Waals surface area (Å²) in [5, 5.41) is 0. The van der Waals surface area contributed by atoms with Gasteiger partial charge in [-0.25, -0.2) is 0 Å². The fourth-order valence-corrected chi connectivity index (χ4v) is 2.49. The highest BCUT2D eigenvalue weighted by molar-refractivity contribution is 5.65. The molecule has 0 radical (unpaired) electrons. The van der Waals surface area contributed by atoms with Gasteiger partial charge < -0.3 is 14.0 Å². The van der Waals surface area contributed by atoms with Gasteiger partial charge in [0.1, 0.15) is 12.4 Å². The van der Waals surface area contributed by atoms with Crippen LogP contribution < -0.4 is 10.3 Å². The molecule has 0 N–H and O–H groups in total. The first-order valence-electron chi connectivity index (χ1n) is 7.51. The van der Waals surface area contributed by atoms with Gasteiger partial charge in [0, 0.05) is 24.8 Å². The van der Waals surface area contributed by atoms with Crippen LogP contribution in [-0.2, 0) is 11.3 Å². The molecule has 0 bridgehead atoms. The maximum atomic E-state index is 12.3. The van der Waals surface area contributed by atoms with Gasteiger partial charge in [0.25, 0.3) is 5.56 Å². The summed E-state index contributed by atoms with van der Waals surface area (Å²) in [7, 11) is 1.65. The van der Waals surface area contributed by atoms with Crippen LogP contribution in [0.4, 0.5) is 0 Å². The Morgan fingerprint density at radius 3 is 2.45 bits per heavy atom. The molecule has 0 amide bonds. The van der Waals surface area contributed by atoms with Crippen LogP contribution in [0.25, 0.3) is 11.3 Å².